The third-order valence-corrected chi connectivity index (χ3v) is 4.24. The first-order valence-corrected chi connectivity index (χ1v) is 7.95. The van der Waals surface area contributed by atoms with E-state index < -0.39 is 11.8 Å². The highest BCUT2D eigenvalue weighted by Gasteiger charge is 2.25. The van der Waals surface area contributed by atoms with Crippen LogP contribution in [0.25, 0.3) is 0 Å². The van der Waals surface area contributed by atoms with E-state index in [0.717, 1.165) is 17.5 Å². The molecule has 1 N–H and O–H groups in total. The SMILES string of the molecule is COc1ccccc1CNC(=O)C(=O)N1CCc2ccccc2C1. The summed E-state index contributed by atoms with van der Waals surface area (Å²) < 4.78 is 5.25. The van der Waals surface area contributed by atoms with E-state index in [1.54, 1.807) is 12.0 Å². The Balaban J connectivity index is 1.60. The Hall–Kier alpha value is -2.82. The Labute approximate surface area is 141 Å². The number of ether oxygens (including phenoxy) is 1. The maximum Gasteiger partial charge on any atom is 0.312 e. The average Bonchev–Trinajstić information content (AvgIpc) is 2.65. The van der Waals surface area contributed by atoms with E-state index in [1.807, 2.05) is 42.5 Å². The fraction of sp³-hybridized carbons (Fsp3) is 0.263. The third-order valence-electron chi connectivity index (χ3n) is 4.24. The van der Waals surface area contributed by atoms with E-state index in [1.165, 1.54) is 5.56 Å². The van der Waals surface area contributed by atoms with E-state index in [9.17, 15) is 9.59 Å². The summed E-state index contributed by atoms with van der Waals surface area (Å²) >= 11 is 0. The highest BCUT2D eigenvalue weighted by molar-refractivity contribution is 6.34. The van der Waals surface area contributed by atoms with Gasteiger partial charge in [0, 0.05) is 25.2 Å². The topological polar surface area (TPSA) is 58.6 Å². The average molecular weight is 324 g/mol. The van der Waals surface area contributed by atoms with E-state index in [2.05, 4.69) is 11.4 Å². The first kappa shape index (κ1) is 16.1. The number of amides is 2. The molecule has 1 heterocycles. The van der Waals surface area contributed by atoms with Crippen molar-refractivity contribution in [3.05, 3.63) is 65.2 Å². The van der Waals surface area contributed by atoms with Gasteiger partial charge in [-0.3, -0.25) is 9.59 Å². The van der Waals surface area contributed by atoms with Gasteiger partial charge in [-0.15, -0.1) is 0 Å². The second kappa shape index (κ2) is 7.17. The summed E-state index contributed by atoms with van der Waals surface area (Å²) in [5, 5.41) is 2.68. The first-order chi connectivity index (χ1) is 11.7. The van der Waals surface area contributed by atoms with Crippen molar-refractivity contribution < 1.29 is 14.3 Å². The molecule has 0 unspecified atom stereocenters. The number of nitrogens with one attached hydrogen (secondary N) is 1. The van der Waals surface area contributed by atoms with Gasteiger partial charge < -0.3 is 15.0 Å². The molecule has 124 valence electrons. The molecule has 5 nitrogen and oxygen atoms in total. The molecule has 1 aliphatic rings. The number of benzene rings is 2. The minimum Gasteiger partial charge on any atom is -0.496 e. The summed E-state index contributed by atoms with van der Waals surface area (Å²) in [7, 11) is 1.58. The highest BCUT2D eigenvalue weighted by Crippen LogP contribution is 2.19. The van der Waals surface area contributed by atoms with Gasteiger partial charge in [-0.05, 0) is 23.6 Å². The Morgan fingerprint density at radius 2 is 1.79 bits per heavy atom. The van der Waals surface area contributed by atoms with Crippen molar-refractivity contribution in [2.45, 2.75) is 19.5 Å². The smallest absolute Gasteiger partial charge is 0.312 e. The van der Waals surface area contributed by atoms with Crippen LogP contribution in [0.5, 0.6) is 5.75 Å². The van der Waals surface area contributed by atoms with Gasteiger partial charge in [0.2, 0.25) is 0 Å². The zero-order valence-corrected chi connectivity index (χ0v) is 13.6. The summed E-state index contributed by atoms with van der Waals surface area (Å²) in [5.41, 5.74) is 3.19. The molecule has 0 fully saturated rings. The quantitative estimate of drug-likeness (QED) is 0.877. The molecule has 0 aliphatic carbocycles. The second-order valence-corrected chi connectivity index (χ2v) is 5.74. The molecule has 0 atom stereocenters. The molecule has 0 spiro atoms. The van der Waals surface area contributed by atoms with Crippen molar-refractivity contribution in [1.29, 1.82) is 0 Å². The van der Waals surface area contributed by atoms with Crippen LogP contribution in [0.3, 0.4) is 0 Å². The van der Waals surface area contributed by atoms with Gasteiger partial charge >= 0.3 is 11.8 Å². The number of methoxy groups -OCH3 is 1. The minimum atomic E-state index is -0.583. The summed E-state index contributed by atoms with van der Waals surface area (Å²) in [6.07, 6.45) is 0.779. The summed E-state index contributed by atoms with van der Waals surface area (Å²) in [6.45, 7) is 1.31. The molecule has 3 rings (SSSR count). The lowest BCUT2D eigenvalue weighted by Gasteiger charge is -2.28. The zero-order chi connectivity index (χ0) is 16.9. The predicted molar refractivity (Wildman–Crippen MR) is 90.4 cm³/mol. The molecule has 24 heavy (non-hydrogen) atoms. The Morgan fingerprint density at radius 1 is 1.08 bits per heavy atom. The van der Waals surface area contributed by atoms with Crippen LogP contribution in [0.2, 0.25) is 0 Å². The molecular formula is C19H20N2O3. The fourth-order valence-corrected chi connectivity index (χ4v) is 2.91. The van der Waals surface area contributed by atoms with Crippen LogP contribution in [0.15, 0.2) is 48.5 Å². The van der Waals surface area contributed by atoms with Gasteiger partial charge in [-0.25, -0.2) is 0 Å². The Morgan fingerprint density at radius 3 is 2.58 bits per heavy atom. The molecule has 0 aromatic heterocycles. The van der Waals surface area contributed by atoms with Crippen LogP contribution in [0.4, 0.5) is 0 Å². The second-order valence-electron chi connectivity index (χ2n) is 5.74. The lowest BCUT2D eigenvalue weighted by atomic mass is 10.00. The van der Waals surface area contributed by atoms with E-state index >= 15 is 0 Å². The maximum atomic E-state index is 12.4. The van der Waals surface area contributed by atoms with Crippen LogP contribution in [0.1, 0.15) is 16.7 Å². The largest absolute Gasteiger partial charge is 0.496 e. The number of fused-ring (bicyclic) bond motifs is 1. The molecular weight excluding hydrogens is 304 g/mol. The molecule has 0 saturated heterocycles. The van der Waals surface area contributed by atoms with Crippen molar-refractivity contribution in [1.82, 2.24) is 10.2 Å². The van der Waals surface area contributed by atoms with Gasteiger partial charge in [0.15, 0.2) is 0 Å². The number of carbonyl (C=O) groups excluding carboxylic acids is 2. The predicted octanol–water partition coefficient (Wildman–Crippen LogP) is 1.90. The van der Waals surface area contributed by atoms with Crippen LogP contribution < -0.4 is 10.1 Å². The Kier molecular flexibility index (Phi) is 4.79. The van der Waals surface area contributed by atoms with Crippen LogP contribution in [0, 0.1) is 0 Å². The molecule has 5 heteroatoms. The van der Waals surface area contributed by atoms with Crippen molar-refractivity contribution >= 4 is 11.8 Å². The molecule has 2 amide bonds. The zero-order valence-electron chi connectivity index (χ0n) is 13.6. The lowest BCUT2D eigenvalue weighted by molar-refractivity contribution is -0.146. The van der Waals surface area contributed by atoms with E-state index in [-0.39, 0.29) is 6.54 Å². The lowest BCUT2D eigenvalue weighted by Crippen LogP contribution is -2.44. The summed E-state index contributed by atoms with van der Waals surface area (Å²) in [4.78, 5) is 26.1. The summed E-state index contributed by atoms with van der Waals surface area (Å²) in [5.74, 6) is -0.378. The van der Waals surface area contributed by atoms with Gasteiger partial charge in [0.1, 0.15) is 5.75 Å². The maximum absolute atomic E-state index is 12.4. The van der Waals surface area contributed by atoms with E-state index in [0.29, 0.717) is 18.8 Å². The third kappa shape index (κ3) is 3.40. The van der Waals surface area contributed by atoms with Crippen molar-refractivity contribution in [2.24, 2.45) is 0 Å². The molecule has 0 bridgehead atoms. The van der Waals surface area contributed by atoms with E-state index in [4.69, 9.17) is 4.74 Å². The normalized spacial score (nSPS) is 13.1. The number of carbonyl (C=O) groups is 2. The molecule has 2 aromatic carbocycles. The molecule has 2 aromatic rings. The molecule has 1 aliphatic heterocycles. The monoisotopic (exact) mass is 324 g/mol. The van der Waals surface area contributed by atoms with Crippen LogP contribution in [-0.4, -0.2) is 30.4 Å². The number of hydrogen-bond acceptors (Lipinski definition) is 3. The number of hydrogen-bond donors (Lipinski definition) is 1. The molecule has 0 saturated carbocycles. The van der Waals surface area contributed by atoms with Crippen molar-refractivity contribution in [2.75, 3.05) is 13.7 Å². The molecule has 0 radical (unpaired) electrons. The van der Waals surface area contributed by atoms with Gasteiger partial charge in [-0.1, -0.05) is 42.5 Å². The summed E-state index contributed by atoms with van der Waals surface area (Å²) in [6, 6.07) is 15.4. The first-order valence-electron chi connectivity index (χ1n) is 7.95. The van der Waals surface area contributed by atoms with Crippen LogP contribution >= 0.6 is 0 Å². The Bertz CT molecular complexity index is 758. The number of rotatable bonds is 3. The van der Waals surface area contributed by atoms with Crippen LogP contribution in [-0.2, 0) is 29.1 Å². The van der Waals surface area contributed by atoms with Crippen molar-refractivity contribution in [3.63, 3.8) is 0 Å². The van der Waals surface area contributed by atoms with Crippen molar-refractivity contribution in [3.8, 4) is 5.75 Å². The van der Waals surface area contributed by atoms with Gasteiger partial charge in [-0.2, -0.15) is 0 Å². The fourth-order valence-electron chi connectivity index (χ4n) is 2.91. The number of nitrogens with zero attached hydrogens (tertiary/aromatic N) is 1. The minimum absolute atomic E-state index is 0.263. The van der Waals surface area contributed by atoms with Gasteiger partial charge in [0.05, 0.1) is 7.11 Å². The van der Waals surface area contributed by atoms with Gasteiger partial charge in [0.25, 0.3) is 0 Å². The highest BCUT2D eigenvalue weighted by atomic mass is 16.5. The number of para-hydroxylation sites is 1. The standard InChI is InChI=1S/C19H20N2O3/c1-24-17-9-5-4-7-15(17)12-20-18(22)19(23)21-11-10-14-6-2-3-8-16(14)13-21/h2-9H,10-13H2,1H3,(H,20,22).